The van der Waals surface area contributed by atoms with Crippen molar-refractivity contribution in [2.45, 2.75) is 25.7 Å². The molecule has 2 aromatic carbocycles. The largest absolute Gasteiger partial charge is 0.469 e. The molecular formula is C19H19ClO3. The second-order valence-corrected chi connectivity index (χ2v) is 5.74. The van der Waals surface area contributed by atoms with E-state index < -0.39 is 11.9 Å². The zero-order valence-electron chi connectivity index (χ0n) is 13.2. The summed E-state index contributed by atoms with van der Waals surface area (Å²) < 4.78 is 4.87. The van der Waals surface area contributed by atoms with Gasteiger partial charge in [-0.25, -0.2) is 0 Å². The standard InChI is InChI=1S/C19H19ClO3/c1-3-13-4-6-14(7-5-13)17(19(22)23-2)12-18(21)15-8-10-16(20)11-9-15/h4-11,17H,3,12H2,1-2H3/t17-/m1/s1. The lowest BCUT2D eigenvalue weighted by Crippen LogP contribution is -2.18. The SMILES string of the molecule is CCc1ccc([C@@H](CC(=O)c2ccc(Cl)cc2)C(=O)OC)cc1. The molecule has 2 rings (SSSR count). The van der Waals surface area contributed by atoms with Crippen LogP contribution in [0.25, 0.3) is 0 Å². The van der Waals surface area contributed by atoms with Crippen LogP contribution < -0.4 is 0 Å². The molecule has 0 radical (unpaired) electrons. The molecule has 0 aromatic heterocycles. The highest BCUT2D eigenvalue weighted by molar-refractivity contribution is 6.30. The fourth-order valence-corrected chi connectivity index (χ4v) is 2.53. The van der Waals surface area contributed by atoms with Crippen molar-refractivity contribution in [1.82, 2.24) is 0 Å². The summed E-state index contributed by atoms with van der Waals surface area (Å²) in [6.07, 6.45) is 0.993. The monoisotopic (exact) mass is 330 g/mol. The summed E-state index contributed by atoms with van der Waals surface area (Å²) >= 11 is 5.83. The first-order valence-corrected chi connectivity index (χ1v) is 7.88. The molecule has 0 N–H and O–H groups in total. The second kappa shape index (κ2) is 7.93. The number of aryl methyl sites for hydroxylation is 1. The molecule has 0 saturated heterocycles. The lowest BCUT2D eigenvalue weighted by atomic mass is 9.91. The topological polar surface area (TPSA) is 43.4 Å². The van der Waals surface area contributed by atoms with E-state index in [1.807, 2.05) is 24.3 Å². The summed E-state index contributed by atoms with van der Waals surface area (Å²) in [5, 5.41) is 0.571. The van der Waals surface area contributed by atoms with E-state index in [4.69, 9.17) is 16.3 Å². The Kier molecular flexibility index (Phi) is 5.94. The number of carbonyl (C=O) groups is 2. The Balaban J connectivity index is 2.22. The number of ether oxygens (including phenoxy) is 1. The van der Waals surface area contributed by atoms with E-state index in [9.17, 15) is 9.59 Å². The molecule has 0 aliphatic rings. The number of halogens is 1. The maximum atomic E-state index is 12.4. The van der Waals surface area contributed by atoms with Crippen LogP contribution in [-0.2, 0) is 16.0 Å². The summed E-state index contributed by atoms with van der Waals surface area (Å²) in [5.41, 5.74) is 2.51. The van der Waals surface area contributed by atoms with E-state index >= 15 is 0 Å². The molecule has 0 heterocycles. The molecule has 120 valence electrons. The third-order valence-electron chi connectivity index (χ3n) is 3.83. The predicted octanol–water partition coefficient (Wildman–Crippen LogP) is 4.43. The Hall–Kier alpha value is -2.13. The smallest absolute Gasteiger partial charge is 0.313 e. The number of hydrogen-bond donors (Lipinski definition) is 0. The van der Waals surface area contributed by atoms with E-state index in [-0.39, 0.29) is 12.2 Å². The first-order valence-electron chi connectivity index (χ1n) is 7.50. The van der Waals surface area contributed by atoms with Crippen LogP contribution in [0.15, 0.2) is 48.5 Å². The lowest BCUT2D eigenvalue weighted by molar-refractivity contribution is -0.142. The van der Waals surface area contributed by atoms with Crippen molar-refractivity contribution < 1.29 is 14.3 Å². The van der Waals surface area contributed by atoms with Gasteiger partial charge in [0.15, 0.2) is 5.78 Å². The van der Waals surface area contributed by atoms with Crippen molar-refractivity contribution >= 4 is 23.4 Å². The molecule has 0 unspecified atom stereocenters. The first kappa shape index (κ1) is 17.2. The number of rotatable bonds is 6. The predicted molar refractivity (Wildman–Crippen MR) is 91.0 cm³/mol. The minimum Gasteiger partial charge on any atom is -0.469 e. The summed E-state index contributed by atoms with van der Waals surface area (Å²) in [6.45, 7) is 2.07. The summed E-state index contributed by atoms with van der Waals surface area (Å²) in [4.78, 5) is 24.5. The summed E-state index contributed by atoms with van der Waals surface area (Å²) in [5.74, 6) is -1.12. The van der Waals surface area contributed by atoms with Gasteiger partial charge in [-0.1, -0.05) is 42.8 Å². The van der Waals surface area contributed by atoms with Crippen molar-refractivity contribution in [2.75, 3.05) is 7.11 Å². The molecule has 3 nitrogen and oxygen atoms in total. The van der Waals surface area contributed by atoms with Crippen molar-refractivity contribution in [2.24, 2.45) is 0 Å². The van der Waals surface area contributed by atoms with Gasteiger partial charge in [0, 0.05) is 17.0 Å². The van der Waals surface area contributed by atoms with Crippen LogP contribution in [0.2, 0.25) is 5.02 Å². The second-order valence-electron chi connectivity index (χ2n) is 5.31. The van der Waals surface area contributed by atoms with Gasteiger partial charge in [-0.3, -0.25) is 9.59 Å². The van der Waals surface area contributed by atoms with Gasteiger partial charge < -0.3 is 4.74 Å². The average molecular weight is 331 g/mol. The van der Waals surface area contributed by atoms with Gasteiger partial charge in [-0.05, 0) is 41.8 Å². The summed E-state index contributed by atoms with van der Waals surface area (Å²) in [6, 6.07) is 14.4. The maximum absolute atomic E-state index is 12.4. The van der Waals surface area contributed by atoms with Crippen LogP contribution in [0.4, 0.5) is 0 Å². The molecule has 1 atom stereocenters. The van der Waals surface area contributed by atoms with Gasteiger partial charge >= 0.3 is 5.97 Å². The van der Waals surface area contributed by atoms with Crippen LogP contribution in [0.5, 0.6) is 0 Å². The number of esters is 1. The number of Topliss-reactive ketones (excluding diaryl/α,β-unsaturated/α-hetero) is 1. The van der Waals surface area contributed by atoms with Gasteiger partial charge in [0.2, 0.25) is 0 Å². The van der Waals surface area contributed by atoms with Gasteiger partial charge in [-0.2, -0.15) is 0 Å². The van der Waals surface area contributed by atoms with Crippen LogP contribution in [0.3, 0.4) is 0 Å². The molecule has 0 bridgehead atoms. The number of ketones is 1. The van der Waals surface area contributed by atoms with Crippen LogP contribution in [-0.4, -0.2) is 18.9 Å². The van der Waals surface area contributed by atoms with Crippen molar-refractivity contribution in [3.8, 4) is 0 Å². The molecule has 0 aliphatic heterocycles. The molecule has 4 heteroatoms. The minimum absolute atomic E-state index is 0.0692. The van der Waals surface area contributed by atoms with E-state index in [0.717, 1.165) is 12.0 Å². The Morgan fingerprint density at radius 1 is 1.04 bits per heavy atom. The fraction of sp³-hybridized carbons (Fsp3) is 0.263. The van der Waals surface area contributed by atoms with Gasteiger partial charge in [0.05, 0.1) is 13.0 Å². The summed E-state index contributed by atoms with van der Waals surface area (Å²) in [7, 11) is 1.34. The number of benzene rings is 2. The maximum Gasteiger partial charge on any atom is 0.313 e. The number of hydrogen-bond acceptors (Lipinski definition) is 3. The molecule has 2 aromatic rings. The quantitative estimate of drug-likeness (QED) is 0.581. The average Bonchev–Trinajstić information content (AvgIpc) is 2.59. The van der Waals surface area contributed by atoms with Crippen molar-refractivity contribution in [1.29, 1.82) is 0 Å². The van der Waals surface area contributed by atoms with Crippen LogP contribution >= 0.6 is 11.6 Å². The van der Waals surface area contributed by atoms with Crippen molar-refractivity contribution in [3.05, 3.63) is 70.2 Å². The Morgan fingerprint density at radius 3 is 2.17 bits per heavy atom. The molecule has 0 amide bonds. The van der Waals surface area contributed by atoms with Gasteiger partial charge in [0.25, 0.3) is 0 Å². The van der Waals surface area contributed by atoms with E-state index in [0.29, 0.717) is 10.6 Å². The molecule has 0 aliphatic carbocycles. The third kappa shape index (κ3) is 4.42. The molecule has 0 fully saturated rings. The highest BCUT2D eigenvalue weighted by Gasteiger charge is 2.25. The van der Waals surface area contributed by atoms with Gasteiger partial charge in [0.1, 0.15) is 0 Å². The van der Waals surface area contributed by atoms with Crippen LogP contribution in [0, 0.1) is 0 Å². The van der Waals surface area contributed by atoms with E-state index in [2.05, 4.69) is 6.92 Å². The lowest BCUT2D eigenvalue weighted by Gasteiger charge is -2.15. The molecule has 23 heavy (non-hydrogen) atoms. The van der Waals surface area contributed by atoms with E-state index in [1.54, 1.807) is 24.3 Å². The minimum atomic E-state index is -0.603. The normalized spacial score (nSPS) is 11.8. The Bertz CT molecular complexity index is 675. The third-order valence-corrected chi connectivity index (χ3v) is 4.08. The first-order chi connectivity index (χ1) is 11.0. The fourth-order valence-electron chi connectivity index (χ4n) is 2.40. The number of methoxy groups -OCH3 is 1. The van der Waals surface area contributed by atoms with Gasteiger partial charge in [-0.15, -0.1) is 0 Å². The Labute approximate surface area is 141 Å². The molecule has 0 saturated carbocycles. The number of carbonyl (C=O) groups excluding carboxylic acids is 2. The Morgan fingerprint density at radius 2 is 1.65 bits per heavy atom. The molecule has 0 spiro atoms. The van der Waals surface area contributed by atoms with Crippen LogP contribution in [0.1, 0.15) is 40.7 Å². The highest BCUT2D eigenvalue weighted by Crippen LogP contribution is 2.24. The van der Waals surface area contributed by atoms with E-state index in [1.165, 1.54) is 12.7 Å². The zero-order chi connectivity index (χ0) is 16.8. The highest BCUT2D eigenvalue weighted by atomic mass is 35.5. The zero-order valence-corrected chi connectivity index (χ0v) is 14.0. The molecular weight excluding hydrogens is 312 g/mol. The van der Waals surface area contributed by atoms with Crippen molar-refractivity contribution in [3.63, 3.8) is 0 Å².